The number of nitrogens with one attached hydrogen (secondary N) is 1. The highest BCUT2D eigenvalue weighted by atomic mass is 32.1. The van der Waals surface area contributed by atoms with E-state index < -0.39 is 5.69 Å². The number of thiazole rings is 1. The maximum Gasteiger partial charge on any atom is 0.348 e. The van der Waals surface area contributed by atoms with Crippen LogP contribution in [0.2, 0.25) is 0 Å². The van der Waals surface area contributed by atoms with Gasteiger partial charge in [0.05, 0.1) is 16.7 Å². The highest BCUT2D eigenvalue weighted by Crippen LogP contribution is 2.22. The molecule has 2 aromatic rings. The summed E-state index contributed by atoms with van der Waals surface area (Å²) in [5.41, 5.74) is 1.85. The third-order valence-corrected chi connectivity index (χ3v) is 4.28. The second-order valence-electron chi connectivity index (χ2n) is 5.37. The number of carbonyl (C=O) groups is 1. The maximum atomic E-state index is 12.2. The number of aryl methyl sites for hydroxylation is 4. The molecule has 0 saturated carbocycles. The molecule has 0 aliphatic carbocycles. The first-order valence-electron chi connectivity index (χ1n) is 7.06. The molecule has 0 aliphatic heterocycles. The number of nitrogens with zero attached hydrogens (tertiary/aromatic N) is 3. The fraction of sp³-hybridized carbons (Fsp3) is 0.467. The third-order valence-electron chi connectivity index (χ3n) is 3.38. The van der Waals surface area contributed by atoms with Crippen LogP contribution in [0.4, 0.5) is 0 Å². The number of aromatic nitrogens is 3. The van der Waals surface area contributed by atoms with E-state index in [1.54, 1.807) is 31.3 Å². The van der Waals surface area contributed by atoms with Crippen LogP contribution in [0.3, 0.4) is 0 Å². The van der Waals surface area contributed by atoms with E-state index in [2.05, 4.69) is 15.3 Å². The molecule has 0 aliphatic rings. The molecule has 118 valence electrons. The van der Waals surface area contributed by atoms with Crippen molar-refractivity contribution in [2.75, 3.05) is 0 Å². The summed E-state index contributed by atoms with van der Waals surface area (Å²) < 4.78 is 1.37. The predicted octanol–water partition coefficient (Wildman–Crippen LogP) is 1.81. The summed E-state index contributed by atoms with van der Waals surface area (Å²) in [7, 11) is 0. The van der Waals surface area contributed by atoms with E-state index >= 15 is 0 Å². The molecule has 2 heterocycles. The molecular weight excluding hydrogens is 300 g/mol. The quantitative estimate of drug-likeness (QED) is 0.932. The lowest BCUT2D eigenvalue weighted by Gasteiger charge is -2.14. The maximum absolute atomic E-state index is 12.2. The minimum absolute atomic E-state index is 0.0372. The first kappa shape index (κ1) is 16.4. The topological polar surface area (TPSA) is 76.9 Å². The average molecular weight is 320 g/mol. The van der Waals surface area contributed by atoms with Crippen LogP contribution in [0.25, 0.3) is 0 Å². The fourth-order valence-electron chi connectivity index (χ4n) is 2.41. The average Bonchev–Trinajstić information content (AvgIpc) is 2.73. The molecule has 7 heteroatoms. The number of amides is 1. The van der Waals surface area contributed by atoms with Gasteiger partial charge in [0.15, 0.2) is 0 Å². The van der Waals surface area contributed by atoms with Gasteiger partial charge in [0, 0.05) is 16.3 Å². The Labute approximate surface area is 133 Å². The molecule has 0 saturated heterocycles. The van der Waals surface area contributed by atoms with Crippen LogP contribution in [-0.4, -0.2) is 20.4 Å². The number of rotatable bonds is 4. The summed E-state index contributed by atoms with van der Waals surface area (Å²) in [6, 6.07) is 1.60. The van der Waals surface area contributed by atoms with E-state index in [9.17, 15) is 9.59 Å². The van der Waals surface area contributed by atoms with Gasteiger partial charge < -0.3 is 5.32 Å². The largest absolute Gasteiger partial charge is 0.348 e. The van der Waals surface area contributed by atoms with Crippen LogP contribution in [0.15, 0.2) is 10.9 Å². The molecule has 1 atom stereocenters. The van der Waals surface area contributed by atoms with Crippen molar-refractivity contribution in [3.63, 3.8) is 0 Å². The van der Waals surface area contributed by atoms with Crippen molar-refractivity contribution >= 4 is 17.2 Å². The molecule has 22 heavy (non-hydrogen) atoms. The van der Waals surface area contributed by atoms with Crippen molar-refractivity contribution in [2.45, 2.75) is 47.2 Å². The normalized spacial score (nSPS) is 12.2. The molecule has 2 rings (SSSR count). The first-order valence-corrected chi connectivity index (χ1v) is 7.88. The molecule has 0 unspecified atom stereocenters. The molecule has 0 radical (unpaired) electrons. The monoisotopic (exact) mass is 320 g/mol. The summed E-state index contributed by atoms with van der Waals surface area (Å²) in [6.45, 7) is 9.33. The zero-order chi connectivity index (χ0) is 16.4. The van der Waals surface area contributed by atoms with Gasteiger partial charge in [-0.1, -0.05) is 0 Å². The zero-order valence-electron chi connectivity index (χ0n) is 13.4. The molecule has 2 aromatic heterocycles. The van der Waals surface area contributed by atoms with Crippen molar-refractivity contribution in [1.29, 1.82) is 0 Å². The summed E-state index contributed by atoms with van der Waals surface area (Å²) in [5.74, 6) is -0.228. The van der Waals surface area contributed by atoms with Crippen LogP contribution >= 0.6 is 11.3 Å². The van der Waals surface area contributed by atoms with Crippen molar-refractivity contribution in [3.05, 3.63) is 43.5 Å². The van der Waals surface area contributed by atoms with Crippen molar-refractivity contribution in [2.24, 2.45) is 0 Å². The number of hydrogen-bond donors (Lipinski definition) is 1. The Balaban J connectivity index is 2.11. The first-order chi connectivity index (χ1) is 10.3. The predicted molar refractivity (Wildman–Crippen MR) is 86.1 cm³/mol. The molecule has 1 amide bonds. The van der Waals surface area contributed by atoms with E-state index in [-0.39, 0.29) is 18.5 Å². The molecule has 0 aromatic carbocycles. The Kier molecular flexibility index (Phi) is 4.75. The zero-order valence-corrected chi connectivity index (χ0v) is 14.2. The molecule has 0 fully saturated rings. The van der Waals surface area contributed by atoms with E-state index in [1.807, 2.05) is 20.8 Å². The van der Waals surface area contributed by atoms with Gasteiger partial charge in [0.25, 0.3) is 0 Å². The standard InChI is InChI=1S/C15H20N4O2S/c1-8-6-9(2)19(15(21)16-8)7-13(20)17-10(3)14-11(4)22-12(5)18-14/h6,10H,7H2,1-5H3,(H,17,20)/t10-/m1/s1. The summed E-state index contributed by atoms with van der Waals surface area (Å²) >= 11 is 1.61. The van der Waals surface area contributed by atoms with Crippen LogP contribution in [0.5, 0.6) is 0 Å². The Morgan fingerprint density at radius 3 is 2.55 bits per heavy atom. The van der Waals surface area contributed by atoms with Gasteiger partial charge in [-0.3, -0.25) is 9.36 Å². The SMILES string of the molecule is Cc1cc(C)n(CC(=O)N[C@H](C)c2nc(C)sc2C)c(=O)n1. The van der Waals surface area contributed by atoms with E-state index in [0.29, 0.717) is 5.69 Å². The minimum Gasteiger partial charge on any atom is -0.346 e. The van der Waals surface area contributed by atoms with Crippen LogP contribution in [-0.2, 0) is 11.3 Å². The minimum atomic E-state index is -0.402. The fourth-order valence-corrected chi connectivity index (χ4v) is 3.33. The Bertz CT molecular complexity index is 763. The molecular formula is C15H20N4O2S. The Morgan fingerprint density at radius 2 is 2.00 bits per heavy atom. The van der Waals surface area contributed by atoms with E-state index in [1.165, 1.54) is 4.57 Å². The molecule has 0 spiro atoms. The van der Waals surface area contributed by atoms with Crippen LogP contribution < -0.4 is 11.0 Å². The number of hydrogen-bond acceptors (Lipinski definition) is 5. The van der Waals surface area contributed by atoms with Gasteiger partial charge in [-0.2, -0.15) is 4.98 Å². The van der Waals surface area contributed by atoms with Crippen molar-refractivity contribution in [3.8, 4) is 0 Å². The lowest BCUT2D eigenvalue weighted by Crippen LogP contribution is -2.36. The van der Waals surface area contributed by atoms with Gasteiger partial charge in [-0.25, -0.2) is 9.78 Å². The molecule has 1 N–H and O–H groups in total. The van der Waals surface area contributed by atoms with E-state index in [4.69, 9.17) is 0 Å². The molecule has 0 bridgehead atoms. The lowest BCUT2D eigenvalue weighted by molar-refractivity contribution is -0.122. The van der Waals surface area contributed by atoms with Gasteiger partial charge in [-0.15, -0.1) is 11.3 Å². The van der Waals surface area contributed by atoms with Gasteiger partial charge in [0.2, 0.25) is 5.91 Å². The number of carbonyl (C=O) groups excluding carboxylic acids is 1. The van der Waals surface area contributed by atoms with Gasteiger partial charge >= 0.3 is 5.69 Å². The molecule has 6 nitrogen and oxygen atoms in total. The van der Waals surface area contributed by atoms with Crippen molar-refractivity contribution in [1.82, 2.24) is 19.9 Å². The van der Waals surface area contributed by atoms with Crippen LogP contribution in [0, 0.1) is 27.7 Å². The van der Waals surface area contributed by atoms with Gasteiger partial charge in [0.1, 0.15) is 6.54 Å². The van der Waals surface area contributed by atoms with Crippen molar-refractivity contribution < 1.29 is 4.79 Å². The summed E-state index contributed by atoms with van der Waals surface area (Å²) in [6.07, 6.45) is 0. The third kappa shape index (κ3) is 3.59. The highest BCUT2D eigenvalue weighted by molar-refractivity contribution is 7.11. The highest BCUT2D eigenvalue weighted by Gasteiger charge is 2.16. The second-order valence-corrected chi connectivity index (χ2v) is 6.78. The lowest BCUT2D eigenvalue weighted by atomic mass is 10.2. The smallest absolute Gasteiger partial charge is 0.346 e. The Hall–Kier alpha value is -2.02. The van der Waals surface area contributed by atoms with Gasteiger partial charge in [-0.05, 0) is 40.7 Å². The van der Waals surface area contributed by atoms with E-state index in [0.717, 1.165) is 21.3 Å². The van der Waals surface area contributed by atoms with Crippen LogP contribution in [0.1, 0.15) is 39.9 Å². The second kappa shape index (κ2) is 6.39. The Morgan fingerprint density at radius 1 is 1.32 bits per heavy atom. The summed E-state index contributed by atoms with van der Waals surface area (Å²) in [4.78, 5) is 33.4. The summed E-state index contributed by atoms with van der Waals surface area (Å²) in [5, 5.41) is 3.86.